The molecule has 1 aliphatic rings. The number of carbonyl (C=O) groups excluding carboxylic acids is 2. The first-order valence-electron chi connectivity index (χ1n) is 5.68. The molecule has 0 saturated heterocycles. The highest BCUT2D eigenvalue weighted by Crippen LogP contribution is 2.26. The fraction of sp³-hybridized carbons (Fsp3) is 0.818. The molecule has 0 spiro atoms. The van der Waals surface area contributed by atoms with Gasteiger partial charge in [0.05, 0.1) is 19.8 Å². The minimum atomic E-state index is -0.908. The van der Waals surface area contributed by atoms with Crippen LogP contribution in [0.4, 0.5) is 0 Å². The first-order chi connectivity index (χ1) is 7.69. The predicted molar refractivity (Wildman–Crippen MR) is 57.6 cm³/mol. The number of ether oxygens (including phenoxy) is 1. The van der Waals surface area contributed by atoms with E-state index in [1.807, 2.05) is 0 Å². The molecule has 0 heterocycles. The van der Waals surface area contributed by atoms with Gasteiger partial charge in [0.25, 0.3) is 0 Å². The minimum absolute atomic E-state index is 0.132. The number of hydrogen-bond donors (Lipinski definition) is 2. The van der Waals surface area contributed by atoms with Crippen molar-refractivity contribution in [3.8, 4) is 0 Å². The zero-order valence-corrected chi connectivity index (χ0v) is 9.57. The first-order valence-corrected chi connectivity index (χ1v) is 5.68. The number of aliphatic hydroxyl groups is 1. The topological polar surface area (TPSA) is 75.6 Å². The molecular weight excluding hydrogens is 210 g/mol. The van der Waals surface area contributed by atoms with Crippen molar-refractivity contribution in [1.82, 2.24) is 5.32 Å². The molecule has 1 fully saturated rings. The van der Waals surface area contributed by atoms with Crippen molar-refractivity contribution in [1.29, 1.82) is 0 Å². The third-order valence-electron chi connectivity index (χ3n) is 3.10. The Morgan fingerprint density at radius 2 is 2.00 bits per heavy atom. The molecular formula is C11H19NO4. The molecule has 2 N–H and O–H groups in total. The van der Waals surface area contributed by atoms with E-state index in [0.717, 1.165) is 32.8 Å². The highest BCUT2D eigenvalue weighted by molar-refractivity contribution is 6.32. The van der Waals surface area contributed by atoms with Gasteiger partial charge in [0, 0.05) is 0 Å². The number of rotatable bonds is 3. The highest BCUT2D eigenvalue weighted by atomic mass is 16.5. The van der Waals surface area contributed by atoms with Crippen LogP contribution in [-0.4, -0.2) is 36.7 Å². The Morgan fingerprint density at radius 1 is 1.38 bits per heavy atom. The Balaban J connectivity index is 2.47. The Hall–Kier alpha value is -1.10. The summed E-state index contributed by atoms with van der Waals surface area (Å²) in [5.74, 6) is -1.41. The molecule has 1 unspecified atom stereocenters. The van der Waals surface area contributed by atoms with Gasteiger partial charge in [-0.25, -0.2) is 4.79 Å². The Morgan fingerprint density at radius 3 is 2.50 bits per heavy atom. The van der Waals surface area contributed by atoms with E-state index in [9.17, 15) is 14.7 Å². The monoisotopic (exact) mass is 229 g/mol. The quantitative estimate of drug-likeness (QED) is 0.536. The van der Waals surface area contributed by atoms with E-state index >= 15 is 0 Å². The van der Waals surface area contributed by atoms with Gasteiger partial charge in [0.2, 0.25) is 0 Å². The number of carbonyl (C=O) groups is 2. The average molecular weight is 229 g/mol. The fourth-order valence-corrected chi connectivity index (χ4v) is 2.17. The molecule has 5 nitrogen and oxygen atoms in total. The van der Waals surface area contributed by atoms with E-state index < -0.39 is 11.9 Å². The number of amides is 1. The van der Waals surface area contributed by atoms with Crippen LogP contribution in [0.25, 0.3) is 0 Å². The molecule has 0 bridgehead atoms. The van der Waals surface area contributed by atoms with Crippen molar-refractivity contribution in [3.63, 3.8) is 0 Å². The second-order valence-electron chi connectivity index (χ2n) is 4.15. The van der Waals surface area contributed by atoms with Crippen LogP contribution in [0.3, 0.4) is 0 Å². The normalized spacial score (nSPS) is 18.9. The van der Waals surface area contributed by atoms with E-state index in [0.29, 0.717) is 0 Å². The van der Waals surface area contributed by atoms with Crippen molar-refractivity contribution in [2.75, 3.05) is 13.7 Å². The molecule has 92 valence electrons. The summed E-state index contributed by atoms with van der Waals surface area (Å²) in [5, 5.41) is 11.7. The Labute approximate surface area is 95.2 Å². The fourth-order valence-electron chi connectivity index (χ4n) is 2.17. The van der Waals surface area contributed by atoms with E-state index in [2.05, 4.69) is 10.1 Å². The van der Waals surface area contributed by atoms with E-state index in [1.165, 1.54) is 6.42 Å². The summed E-state index contributed by atoms with van der Waals surface area (Å²) >= 11 is 0. The smallest absolute Gasteiger partial charge is 0.396 e. The van der Waals surface area contributed by atoms with Gasteiger partial charge >= 0.3 is 11.9 Å². The molecule has 0 aromatic rings. The maximum absolute atomic E-state index is 11.3. The van der Waals surface area contributed by atoms with E-state index in [4.69, 9.17) is 0 Å². The van der Waals surface area contributed by atoms with Gasteiger partial charge in [-0.3, -0.25) is 4.79 Å². The van der Waals surface area contributed by atoms with Crippen LogP contribution >= 0.6 is 0 Å². The molecule has 0 aromatic carbocycles. The highest BCUT2D eigenvalue weighted by Gasteiger charge is 2.26. The maximum Gasteiger partial charge on any atom is 0.396 e. The lowest BCUT2D eigenvalue weighted by Crippen LogP contribution is -2.46. The van der Waals surface area contributed by atoms with Gasteiger partial charge in [0.15, 0.2) is 0 Å². The molecule has 1 rings (SSSR count). The molecule has 16 heavy (non-hydrogen) atoms. The van der Waals surface area contributed by atoms with Crippen molar-refractivity contribution < 1.29 is 19.4 Å². The second kappa shape index (κ2) is 6.48. The van der Waals surface area contributed by atoms with Crippen molar-refractivity contribution in [2.24, 2.45) is 5.92 Å². The van der Waals surface area contributed by atoms with Crippen LogP contribution in [0.2, 0.25) is 0 Å². The largest absolute Gasteiger partial charge is 0.462 e. The summed E-state index contributed by atoms with van der Waals surface area (Å²) in [6, 6.07) is -0.327. The first kappa shape index (κ1) is 13.0. The molecule has 0 aliphatic heterocycles. The number of aliphatic hydroxyl groups excluding tert-OH is 1. The van der Waals surface area contributed by atoms with Crippen LogP contribution in [0.15, 0.2) is 0 Å². The SMILES string of the molecule is COC(=O)C(=O)NC(CO)C1CCCCC1. The molecule has 5 heteroatoms. The Bertz CT molecular complexity index is 248. The van der Waals surface area contributed by atoms with Gasteiger partial charge in [-0.05, 0) is 18.8 Å². The van der Waals surface area contributed by atoms with Crippen molar-refractivity contribution in [3.05, 3.63) is 0 Å². The van der Waals surface area contributed by atoms with E-state index in [-0.39, 0.29) is 18.6 Å². The van der Waals surface area contributed by atoms with Gasteiger partial charge in [-0.2, -0.15) is 0 Å². The molecule has 0 aromatic heterocycles. The minimum Gasteiger partial charge on any atom is -0.462 e. The summed E-state index contributed by atoms with van der Waals surface area (Å²) in [6.45, 7) is -0.132. The van der Waals surface area contributed by atoms with Crippen LogP contribution in [-0.2, 0) is 14.3 Å². The lowest BCUT2D eigenvalue weighted by atomic mass is 9.84. The van der Waals surface area contributed by atoms with Crippen LogP contribution in [0, 0.1) is 5.92 Å². The summed E-state index contributed by atoms with van der Waals surface area (Å²) in [7, 11) is 1.16. The summed E-state index contributed by atoms with van der Waals surface area (Å²) < 4.78 is 4.31. The number of esters is 1. The van der Waals surface area contributed by atoms with E-state index in [1.54, 1.807) is 0 Å². The zero-order chi connectivity index (χ0) is 12.0. The Kier molecular flexibility index (Phi) is 5.25. The van der Waals surface area contributed by atoms with Crippen LogP contribution < -0.4 is 5.32 Å². The second-order valence-corrected chi connectivity index (χ2v) is 4.15. The van der Waals surface area contributed by atoms with Gasteiger partial charge in [-0.1, -0.05) is 19.3 Å². The lowest BCUT2D eigenvalue weighted by Gasteiger charge is -2.29. The average Bonchev–Trinajstić information content (AvgIpc) is 2.35. The summed E-state index contributed by atoms with van der Waals surface area (Å²) in [6.07, 6.45) is 5.43. The lowest BCUT2D eigenvalue weighted by molar-refractivity contribution is -0.153. The summed E-state index contributed by atoms with van der Waals surface area (Å²) in [5.41, 5.74) is 0. The number of hydrogen-bond acceptors (Lipinski definition) is 4. The third-order valence-corrected chi connectivity index (χ3v) is 3.10. The van der Waals surface area contributed by atoms with Gasteiger partial charge in [-0.15, -0.1) is 0 Å². The van der Waals surface area contributed by atoms with Gasteiger partial charge in [0.1, 0.15) is 0 Å². The van der Waals surface area contributed by atoms with Crippen LogP contribution in [0.5, 0.6) is 0 Å². The van der Waals surface area contributed by atoms with Gasteiger partial charge < -0.3 is 15.2 Å². The van der Waals surface area contributed by atoms with Crippen LogP contribution in [0.1, 0.15) is 32.1 Å². The standard InChI is InChI=1S/C11H19NO4/c1-16-11(15)10(14)12-9(7-13)8-5-3-2-4-6-8/h8-9,13H,2-7H2,1H3,(H,12,14). The zero-order valence-electron chi connectivity index (χ0n) is 9.57. The number of nitrogens with one attached hydrogen (secondary N) is 1. The molecule has 1 atom stereocenters. The van der Waals surface area contributed by atoms with Crippen molar-refractivity contribution >= 4 is 11.9 Å². The van der Waals surface area contributed by atoms with Crippen molar-refractivity contribution in [2.45, 2.75) is 38.1 Å². The number of methoxy groups -OCH3 is 1. The summed E-state index contributed by atoms with van der Waals surface area (Å²) in [4.78, 5) is 22.2. The maximum atomic E-state index is 11.3. The molecule has 1 saturated carbocycles. The molecule has 1 aliphatic carbocycles. The molecule has 0 radical (unpaired) electrons. The molecule has 1 amide bonds. The third kappa shape index (κ3) is 3.48. The predicted octanol–water partition coefficient (Wildman–Crippen LogP) is 0.217.